The normalized spacial score (nSPS) is 21.2. The molecule has 2 amide bonds. The number of nitrogens with zero attached hydrogens (tertiary/aromatic N) is 1. The van der Waals surface area contributed by atoms with E-state index >= 15 is 0 Å². The molecular weight excluding hydrogens is 272 g/mol. The van der Waals surface area contributed by atoms with Gasteiger partial charge in [-0.1, -0.05) is 13.8 Å². The topological polar surface area (TPSA) is 49.4 Å². The van der Waals surface area contributed by atoms with Gasteiger partial charge in [-0.2, -0.15) is 11.3 Å². The molecular formula is C15H22N2O2S. The van der Waals surface area contributed by atoms with Gasteiger partial charge < -0.3 is 10.2 Å². The van der Waals surface area contributed by atoms with Crippen LogP contribution in [0.4, 0.5) is 0 Å². The van der Waals surface area contributed by atoms with Crippen LogP contribution in [0.2, 0.25) is 0 Å². The molecule has 110 valence electrons. The molecule has 0 spiro atoms. The molecule has 2 atom stereocenters. The average Bonchev–Trinajstić information content (AvgIpc) is 2.85. The summed E-state index contributed by atoms with van der Waals surface area (Å²) in [5, 5.41) is 6.94. The molecule has 5 heteroatoms. The van der Waals surface area contributed by atoms with Gasteiger partial charge in [0, 0.05) is 6.04 Å². The van der Waals surface area contributed by atoms with E-state index in [0.29, 0.717) is 12.3 Å². The van der Waals surface area contributed by atoms with E-state index in [1.165, 1.54) is 5.56 Å². The van der Waals surface area contributed by atoms with Crippen molar-refractivity contribution < 1.29 is 9.59 Å². The Balaban J connectivity index is 2.05. The molecule has 1 saturated heterocycles. The molecule has 1 aliphatic heterocycles. The third kappa shape index (κ3) is 3.60. The van der Waals surface area contributed by atoms with Gasteiger partial charge in [0.05, 0.1) is 6.54 Å². The van der Waals surface area contributed by atoms with Gasteiger partial charge in [-0.25, -0.2) is 0 Å². The fraction of sp³-hybridized carbons (Fsp3) is 0.600. The number of thiophene rings is 1. The lowest BCUT2D eigenvalue weighted by Gasteiger charge is -2.37. The SMILES string of the molecule is CC(C)CC1NC(=O)CN(C(C)Cc2ccsc2)C1=O. The molecule has 1 fully saturated rings. The molecule has 1 aliphatic rings. The standard InChI is InChI=1S/C15H22N2O2S/c1-10(2)6-13-15(19)17(8-14(18)16-13)11(3)7-12-4-5-20-9-12/h4-5,9-11,13H,6-8H2,1-3H3,(H,16,18). The summed E-state index contributed by atoms with van der Waals surface area (Å²) in [5.41, 5.74) is 1.22. The van der Waals surface area contributed by atoms with Crippen molar-refractivity contribution in [1.82, 2.24) is 10.2 Å². The van der Waals surface area contributed by atoms with Crippen molar-refractivity contribution in [1.29, 1.82) is 0 Å². The van der Waals surface area contributed by atoms with Gasteiger partial charge in [0.25, 0.3) is 0 Å². The zero-order valence-electron chi connectivity index (χ0n) is 12.3. The monoisotopic (exact) mass is 294 g/mol. The first-order chi connectivity index (χ1) is 9.47. The van der Waals surface area contributed by atoms with Crippen molar-refractivity contribution in [3.63, 3.8) is 0 Å². The van der Waals surface area contributed by atoms with Crippen molar-refractivity contribution in [3.8, 4) is 0 Å². The zero-order valence-corrected chi connectivity index (χ0v) is 13.1. The van der Waals surface area contributed by atoms with E-state index in [9.17, 15) is 9.59 Å². The second-order valence-electron chi connectivity index (χ2n) is 5.90. The van der Waals surface area contributed by atoms with Crippen molar-refractivity contribution >= 4 is 23.2 Å². The molecule has 0 aromatic carbocycles. The molecule has 1 aromatic heterocycles. The minimum atomic E-state index is -0.360. The van der Waals surface area contributed by atoms with E-state index in [4.69, 9.17) is 0 Å². The number of piperazine rings is 1. The molecule has 2 rings (SSSR count). The summed E-state index contributed by atoms with van der Waals surface area (Å²) in [5.74, 6) is 0.393. The summed E-state index contributed by atoms with van der Waals surface area (Å²) >= 11 is 1.66. The van der Waals surface area contributed by atoms with Gasteiger partial charge in [0.2, 0.25) is 11.8 Å². The molecule has 1 N–H and O–H groups in total. The summed E-state index contributed by atoms with van der Waals surface area (Å²) in [4.78, 5) is 26.0. The highest BCUT2D eigenvalue weighted by atomic mass is 32.1. The minimum absolute atomic E-state index is 0.0487. The van der Waals surface area contributed by atoms with Gasteiger partial charge in [-0.05, 0) is 48.1 Å². The third-order valence-corrected chi connectivity index (χ3v) is 4.31. The van der Waals surface area contributed by atoms with E-state index in [2.05, 4.69) is 30.6 Å². The Morgan fingerprint density at radius 1 is 1.40 bits per heavy atom. The number of rotatable bonds is 5. The summed E-state index contributed by atoms with van der Waals surface area (Å²) in [7, 11) is 0. The first-order valence-electron chi connectivity index (χ1n) is 7.08. The van der Waals surface area contributed by atoms with Crippen molar-refractivity contribution in [2.75, 3.05) is 6.54 Å². The smallest absolute Gasteiger partial charge is 0.245 e. The first kappa shape index (κ1) is 15.0. The van der Waals surface area contributed by atoms with Crippen LogP contribution in [0.1, 0.15) is 32.8 Å². The van der Waals surface area contributed by atoms with Crippen LogP contribution in [0, 0.1) is 5.92 Å². The van der Waals surface area contributed by atoms with Crippen LogP contribution < -0.4 is 5.32 Å². The lowest BCUT2D eigenvalue weighted by molar-refractivity contribution is -0.146. The van der Waals surface area contributed by atoms with Crippen LogP contribution in [0.5, 0.6) is 0 Å². The molecule has 2 unspecified atom stereocenters. The van der Waals surface area contributed by atoms with Crippen LogP contribution in [0.25, 0.3) is 0 Å². The molecule has 20 heavy (non-hydrogen) atoms. The highest BCUT2D eigenvalue weighted by molar-refractivity contribution is 7.07. The predicted octanol–water partition coefficient (Wildman–Crippen LogP) is 2.05. The van der Waals surface area contributed by atoms with Crippen LogP contribution >= 0.6 is 11.3 Å². The van der Waals surface area contributed by atoms with Crippen LogP contribution in [-0.2, 0) is 16.0 Å². The second-order valence-corrected chi connectivity index (χ2v) is 6.68. The largest absolute Gasteiger partial charge is 0.343 e. The lowest BCUT2D eigenvalue weighted by Crippen LogP contribution is -2.60. The molecule has 0 aliphatic carbocycles. The van der Waals surface area contributed by atoms with Gasteiger partial charge in [-0.15, -0.1) is 0 Å². The number of carbonyl (C=O) groups excluding carboxylic acids is 2. The summed E-state index contributed by atoms with van der Waals surface area (Å²) in [6, 6.07) is 1.76. The van der Waals surface area contributed by atoms with Gasteiger partial charge in [0.1, 0.15) is 6.04 Å². The minimum Gasteiger partial charge on any atom is -0.343 e. The van der Waals surface area contributed by atoms with Gasteiger partial charge in [0.15, 0.2) is 0 Å². The van der Waals surface area contributed by atoms with Crippen LogP contribution in [0.3, 0.4) is 0 Å². The van der Waals surface area contributed by atoms with E-state index in [0.717, 1.165) is 6.42 Å². The Kier molecular flexibility index (Phi) is 4.81. The Bertz CT molecular complexity index is 470. The fourth-order valence-corrected chi connectivity index (χ4v) is 3.28. The zero-order chi connectivity index (χ0) is 14.7. The number of hydrogen-bond donors (Lipinski definition) is 1. The highest BCUT2D eigenvalue weighted by Crippen LogP contribution is 2.17. The molecule has 2 heterocycles. The number of hydrogen-bond acceptors (Lipinski definition) is 3. The van der Waals surface area contributed by atoms with Gasteiger partial charge in [-0.3, -0.25) is 9.59 Å². The Hall–Kier alpha value is -1.36. The van der Waals surface area contributed by atoms with E-state index in [1.807, 2.05) is 12.3 Å². The maximum atomic E-state index is 12.5. The summed E-state index contributed by atoms with van der Waals surface area (Å²) in [6.45, 7) is 6.32. The van der Waals surface area contributed by atoms with E-state index < -0.39 is 0 Å². The summed E-state index contributed by atoms with van der Waals surface area (Å²) in [6.07, 6.45) is 1.50. The number of nitrogens with one attached hydrogen (secondary N) is 1. The Labute approximate surface area is 124 Å². The number of amides is 2. The molecule has 0 saturated carbocycles. The second kappa shape index (κ2) is 6.39. The lowest BCUT2D eigenvalue weighted by atomic mass is 9.99. The maximum absolute atomic E-state index is 12.5. The molecule has 0 radical (unpaired) electrons. The first-order valence-corrected chi connectivity index (χ1v) is 8.02. The van der Waals surface area contributed by atoms with Crippen LogP contribution in [-0.4, -0.2) is 35.3 Å². The van der Waals surface area contributed by atoms with Crippen LogP contribution in [0.15, 0.2) is 16.8 Å². The van der Waals surface area contributed by atoms with Crippen molar-refractivity contribution in [2.45, 2.75) is 45.7 Å². The van der Waals surface area contributed by atoms with E-state index in [1.54, 1.807) is 16.2 Å². The predicted molar refractivity (Wildman–Crippen MR) is 80.6 cm³/mol. The highest BCUT2D eigenvalue weighted by Gasteiger charge is 2.35. The fourth-order valence-electron chi connectivity index (χ4n) is 2.60. The van der Waals surface area contributed by atoms with Gasteiger partial charge >= 0.3 is 0 Å². The van der Waals surface area contributed by atoms with E-state index in [-0.39, 0.29) is 30.4 Å². The molecule has 4 nitrogen and oxygen atoms in total. The molecule has 1 aromatic rings. The quantitative estimate of drug-likeness (QED) is 0.903. The maximum Gasteiger partial charge on any atom is 0.245 e. The number of carbonyl (C=O) groups is 2. The molecule has 0 bridgehead atoms. The third-order valence-electron chi connectivity index (χ3n) is 3.58. The Morgan fingerprint density at radius 2 is 2.15 bits per heavy atom. The Morgan fingerprint density at radius 3 is 2.75 bits per heavy atom. The summed E-state index contributed by atoms with van der Waals surface area (Å²) < 4.78 is 0. The van der Waals surface area contributed by atoms with Crippen molar-refractivity contribution in [2.24, 2.45) is 5.92 Å². The average molecular weight is 294 g/mol. The van der Waals surface area contributed by atoms with Crippen molar-refractivity contribution in [3.05, 3.63) is 22.4 Å².